The van der Waals surface area contributed by atoms with Crippen molar-refractivity contribution in [1.29, 1.82) is 0 Å². The van der Waals surface area contributed by atoms with Gasteiger partial charge in [-0.05, 0) is 33.6 Å². The number of likely N-dealkylation sites (tertiary alicyclic amines) is 1. The first-order chi connectivity index (χ1) is 10.3. The van der Waals surface area contributed by atoms with Gasteiger partial charge in [-0.2, -0.15) is 0 Å². The summed E-state index contributed by atoms with van der Waals surface area (Å²) >= 11 is 1.30. The smallest absolute Gasteiger partial charge is 0.411 e. The Kier molecular flexibility index (Phi) is 5.20. The molecule has 2 unspecified atom stereocenters. The van der Waals surface area contributed by atoms with E-state index in [9.17, 15) is 14.4 Å². The Morgan fingerprint density at radius 2 is 2.14 bits per heavy atom. The highest BCUT2D eigenvalue weighted by atomic mass is 32.2. The summed E-state index contributed by atoms with van der Waals surface area (Å²) in [6.07, 6.45) is 0.774. The predicted octanol–water partition coefficient (Wildman–Crippen LogP) is 1.55. The highest BCUT2D eigenvalue weighted by Crippen LogP contribution is 2.24. The second-order valence-electron chi connectivity index (χ2n) is 6.19. The number of carbonyl (C=O) groups is 3. The molecule has 8 heteroatoms. The molecule has 1 amide bonds. The third-order valence-electron chi connectivity index (χ3n) is 3.16. The van der Waals surface area contributed by atoms with Crippen LogP contribution in [0.3, 0.4) is 0 Å². The standard InChI is InChI=1S/C14H21NO6S/c1-14(2,3)21-13(18)15-6-4-5-9(15)12(17)19-7-11-20-10(16)8-22-11/h9,11H,4-8H2,1-3H3. The number of cyclic esters (lactones) is 1. The molecular formula is C14H21NO6S. The number of nitrogens with zero attached hydrogens (tertiary/aromatic N) is 1. The van der Waals surface area contributed by atoms with Gasteiger partial charge in [0.25, 0.3) is 0 Å². The van der Waals surface area contributed by atoms with Crippen LogP contribution in [0.5, 0.6) is 0 Å². The molecule has 2 rings (SSSR count). The van der Waals surface area contributed by atoms with Crippen LogP contribution in [-0.4, -0.2) is 58.9 Å². The SMILES string of the molecule is CC(C)(C)OC(=O)N1CCCC1C(=O)OCC1OC(=O)CS1. The first-order valence-electron chi connectivity index (χ1n) is 7.23. The molecule has 2 aliphatic rings. The topological polar surface area (TPSA) is 82.1 Å². The van der Waals surface area contributed by atoms with Gasteiger partial charge in [-0.1, -0.05) is 0 Å². The third-order valence-corrected chi connectivity index (χ3v) is 4.17. The molecular weight excluding hydrogens is 310 g/mol. The second-order valence-corrected chi connectivity index (χ2v) is 7.34. The van der Waals surface area contributed by atoms with E-state index < -0.39 is 29.1 Å². The molecule has 124 valence electrons. The van der Waals surface area contributed by atoms with Crippen LogP contribution in [0.15, 0.2) is 0 Å². The summed E-state index contributed by atoms with van der Waals surface area (Å²) in [5, 5.41) is 0. The van der Waals surface area contributed by atoms with Gasteiger partial charge in [-0.15, -0.1) is 11.8 Å². The summed E-state index contributed by atoms with van der Waals surface area (Å²) in [5.74, 6) is -0.510. The minimum absolute atomic E-state index is 0.00784. The highest BCUT2D eigenvalue weighted by molar-refractivity contribution is 8.00. The molecule has 2 saturated heterocycles. The van der Waals surface area contributed by atoms with Gasteiger partial charge in [0.05, 0.1) is 5.75 Å². The van der Waals surface area contributed by atoms with Gasteiger partial charge < -0.3 is 14.2 Å². The number of ether oxygens (including phenoxy) is 3. The summed E-state index contributed by atoms with van der Waals surface area (Å²) in [6.45, 7) is 5.82. The Hall–Kier alpha value is -1.44. The highest BCUT2D eigenvalue weighted by Gasteiger charge is 2.38. The first-order valence-corrected chi connectivity index (χ1v) is 8.28. The monoisotopic (exact) mass is 331 g/mol. The van der Waals surface area contributed by atoms with Crippen molar-refractivity contribution in [3.63, 3.8) is 0 Å². The van der Waals surface area contributed by atoms with E-state index in [0.29, 0.717) is 13.0 Å². The number of rotatable bonds is 3. The molecule has 0 aromatic heterocycles. The molecule has 7 nitrogen and oxygen atoms in total. The molecule has 22 heavy (non-hydrogen) atoms. The number of hydrogen-bond donors (Lipinski definition) is 0. The van der Waals surface area contributed by atoms with Crippen molar-refractivity contribution in [3.8, 4) is 0 Å². The van der Waals surface area contributed by atoms with Crippen LogP contribution in [-0.2, 0) is 23.8 Å². The summed E-state index contributed by atoms with van der Waals surface area (Å²) in [4.78, 5) is 36.6. The molecule has 0 bridgehead atoms. The number of thioether (sulfide) groups is 1. The van der Waals surface area contributed by atoms with E-state index in [1.807, 2.05) is 0 Å². The lowest BCUT2D eigenvalue weighted by Crippen LogP contribution is -2.44. The Labute approximate surface area is 133 Å². The quantitative estimate of drug-likeness (QED) is 0.573. The van der Waals surface area contributed by atoms with Gasteiger partial charge in [0.1, 0.15) is 18.2 Å². The van der Waals surface area contributed by atoms with Crippen LogP contribution in [0.2, 0.25) is 0 Å². The summed E-state index contributed by atoms with van der Waals surface area (Å²) < 4.78 is 15.4. The van der Waals surface area contributed by atoms with E-state index in [1.165, 1.54) is 16.7 Å². The van der Waals surface area contributed by atoms with Gasteiger partial charge in [0, 0.05) is 6.54 Å². The van der Waals surface area contributed by atoms with E-state index in [0.717, 1.165) is 6.42 Å². The zero-order valence-corrected chi connectivity index (χ0v) is 13.8. The van der Waals surface area contributed by atoms with Crippen molar-refractivity contribution in [2.75, 3.05) is 18.9 Å². The fourth-order valence-corrected chi connectivity index (χ4v) is 2.98. The molecule has 2 atom stereocenters. The fraction of sp³-hybridized carbons (Fsp3) is 0.786. The molecule has 0 radical (unpaired) electrons. The van der Waals surface area contributed by atoms with Crippen LogP contribution in [0.4, 0.5) is 4.79 Å². The lowest BCUT2D eigenvalue weighted by Gasteiger charge is -2.27. The average Bonchev–Trinajstić information content (AvgIpc) is 3.02. The molecule has 2 fully saturated rings. The van der Waals surface area contributed by atoms with Crippen LogP contribution in [0, 0.1) is 0 Å². The van der Waals surface area contributed by atoms with Crippen molar-refractivity contribution in [2.24, 2.45) is 0 Å². The van der Waals surface area contributed by atoms with Gasteiger partial charge in [-0.3, -0.25) is 9.69 Å². The Morgan fingerprint density at radius 1 is 1.41 bits per heavy atom. The maximum Gasteiger partial charge on any atom is 0.411 e. The molecule has 0 aliphatic carbocycles. The van der Waals surface area contributed by atoms with Gasteiger partial charge in [0.15, 0.2) is 5.44 Å². The van der Waals surface area contributed by atoms with Gasteiger partial charge in [-0.25, -0.2) is 9.59 Å². The van der Waals surface area contributed by atoms with Crippen molar-refractivity contribution < 1.29 is 28.6 Å². The van der Waals surface area contributed by atoms with E-state index in [4.69, 9.17) is 14.2 Å². The average molecular weight is 331 g/mol. The summed E-state index contributed by atoms with van der Waals surface area (Å²) in [7, 11) is 0. The van der Waals surface area contributed by atoms with Crippen molar-refractivity contribution in [2.45, 2.75) is 50.7 Å². The number of carbonyl (C=O) groups excluding carboxylic acids is 3. The number of hydrogen-bond acceptors (Lipinski definition) is 7. The summed E-state index contributed by atoms with van der Waals surface area (Å²) in [6, 6.07) is -0.628. The second kappa shape index (κ2) is 6.76. The summed E-state index contributed by atoms with van der Waals surface area (Å²) in [5.41, 5.74) is -1.06. The van der Waals surface area contributed by atoms with Crippen LogP contribution >= 0.6 is 11.8 Å². The van der Waals surface area contributed by atoms with Crippen LogP contribution in [0.25, 0.3) is 0 Å². The molecule has 2 heterocycles. The van der Waals surface area contributed by atoms with Crippen LogP contribution < -0.4 is 0 Å². The maximum atomic E-state index is 12.1. The maximum absolute atomic E-state index is 12.1. The number of esters is 2. The molecule has 0 spiro atoms. The Balaban J connectivity index is 1.85. The molecule has 2 aliphatic heterocycles. The predicted molar refractivity (Wildman–Crippen MR) is 79.3 cm³/mol. The third kappa shape index (κ3) is 4.53. The normalized spacial score (nSPS) is 25.0. The molecule has 0 aromatic rings. The Morgan fingerprint density at radius 3 is 2.73 bits per heavy atom. The van der Waals surface area contributed by atoms with E-state index in [2.05, 4.69) is 0 Å². The van der Waals surface area contributed by atoms with E-state index >= 15 is 0 Å². The zero-order valence-electron chi connectivity index (χ0n) is 13.0. The molecule has 0 saturated carbocycles. The van der Waals surface area contributed by atoms with Gasteiger partial charge in [0.2, 0.25) is 0 Å². The minimum atomic E-state index is -0.628. The van der Waals surface area contributed by atoms with Crippen LogP contribution in [0.1, 0.15) is 33.6 Å². The first kappa shape index (κ1) is 16.9. The van der Waals surface area contributed by atoms with E-state index in [-0.39, 0.29) is 18.3 Å². The van der Waals surface area contributed by atoms with Crippen molar-refractivity contribution >= 4 is 29.8 Å². The zero-order chi connectivity index (χ0) is 16.3. The largest absolute Gasteiger partial charge is 0.459 e. The van der Waals surface area contributed by atoms with Gasteiger partial charge >= 0.3 is 18.0 Å². The Bertz CT molecular complexity index is 461. The fourth-order valence-electron chi connectivity index (χ4n) is 2.25. The van der Waals surface area contributed by atoms with Crippen molar-refractivity contribution in [1.82, 2.24) is 4.90 Å². The molecule has 0 aromatic carbocycles. The lowest BCUT2D eigenvalue weighted by atomic mass is 10.2. The van der Waals surface area contributed by atoms with Crippen molar-refractivity contribution in [3.05, 3.63) is 0 Å². The minimum Gasteiger partial charge on any atom is -0.459 e. The van der Waals surface area contributed by atoms with E-state index in [1.54, 1.807) is 20.8 Å². The lowest BCUT2D eigenvalue weighted by molar-refractivity contribution is -0.154. The molecule has 0 N–H and O–H groups in total. The number of amides is 1.